The Morgan fingerprint density at radius 2 is 1.91 bits per heavy atom. The van der Waals surface area contributed by atoms with Crippen molar-refractivity contribution in [1.29, 1.82) is 0 Å². The smallest absolute Gasteiger partial charge is 0.238 e. The number of rotatable bonds is 9. The summed E-state index contributed by atoms with van der Waals surface area (Å²) in [6.07, 6.45) is 0.700. The maximum absolute atomic E-state index is 13.4. The summed E-state index contributed by atoms with van der Waals surface area (Å²) in [5.41, 5.74) is -0.229. The number of benzene rings is 1. The van der Waals surface area contributed by atoms with Gasteiger partial charge in [-0.05, 0) is 25.6 Å². The molecule has 8 heteroatoms. The highest BCUT2D eigenvalue weighted by Gasteiger charge is 2.12. The summed E-state index contributed by atoms with van der Waals surface area (Å²) in [7, 11) is 3.16. The van der Waals surface area contributed by atoms with Crippen LogP contribution < -0.4 is 10.6 Å². The monoisotopic (exact) mass is 329 g/mol. The van der Waals surface area contributed by atoms with Crippen LogP contribution in [0.1, 0.15) is 6.42 Å². The SMILES string of the molecule is COCCCNC(=O)CN(C)CC(=O)Nc1cc(F)ccc1F. The van der Waals surface area contributed by atoms with Crippen LogP contribution in [-0.4, -0.2) is 57.1 Å². The first-order valence-corrected chi connectivity index (χ1v) is 7.11. The molecule has 0 saturated heterocycles. The molecule has 2 amide bonds. The van der Waals surface area contributed by atoms with E-state index in [1.54, 1.807) is 14.2 Å². The first-order valence-electron chi connectivity index (χ1n) is 7.11. The first kappa shape index (κ1) is 19.0. The van der Waals surface area contributed by atoms with E-state index in [0.29, 0.717) is 19.6 Å². The number of nitrogens with zero attached hydrogens (tertiary/aromatic N) is 1. The molecule has 0 saturated carbocycles. The number of likely N-dealkylation sites (N-methyl/N-ethyl adjacent to an activating group) is 1. The maximum atomic E-state index is 13.4. The van der Waals surface area contributed by atoms with Gasteiger partial charge in [0.2, 0.25) is 11.8 Å². The number of hydrogen-bond donors (Lipinski definition) is 2. The molecule has 0 bridgehead atoms. The third kappa shape index (κ3) is 7.66. The number of halogens is 2. The summed E-state index contributed by atoms with van der Waals surface area (Å²) in [6.45, 7) is 0.937. The Balaban J connectivity index is 2.35. The molecule has 0 spiro atoms. The lowest BCUT2D eigenvalue weighted by atomic mass is 10.3. The molecule has 0 aliphatic heterocycles. The van der Waals surface area contributed by atoms with Crippen molar-refractivity contribution < 1.29 is 23.1 Å². The highest BCUT2D eigenvalue weighted by Crippen LogP contribution is 2.14. The molecular weight excluding hydrogens is 308 g/mol. The summed E-state index contributed by atoms with van der Waals surface area (Å²) in [5.74, 6) is -2.14. The molecule has 1 rings (SSSR count). The van der Waals surface area contributed by atoms with Crippen LogP contribution in [0.5, 0.6) is 0 Å². The highest BCUT2D eigenvalue weighted by molar-refractivity contribution is 5.92. The number of methoxy groups -OCH3 is 1. The molecule has 1 aromatic rings. The van der Waals surface area contributed by atoms with Gasteiger partial charge in [-0.3, -0.25) is 14.5 Å². The number of carbonyl (C=O) groups excluding carboxylic acids is 2. The first-order chi connectivity index (χ1) is 10.9. The Bertz CT molecular complexity index is 541. The Kier molecular flexibility index (Phi) is 8.14. The third-order valence-electron chi connectivity index (χ3n) is 2.88. The summed E-state index contributed by atoms with van der Waals surface area (Å²) in [6, 6.07) is 2.79. The molecule has 0 atom stereocenters. The molecule has 0 aromatic heterocycles. The van der Waals surface area contributed by atoms with Crippen LogP contribution in [0.2, 0.25) is 0 Å². The second-order valence-electron chi connectivity index (χ2n) is 5.04. The highest BCUT2D eigenvalue weighted by atomic mass is 19.1. The third-order valence-corrected chi connectivity index (χ3v) is 2.88. The van der Waals surface area contributed by atoms with Gasteiger partial charge in [0.25, 0.3) is 0 Å². The minimum Gasteiger partial charge on any atom is -0.385 e. The normalized spacial score (nSPS) is 10.7. The molecular formula is C15H21F2N3O3. The van der Waals surface area contributed by atoms with Crippen LogP contribution in [-0.2, 0) is 14.3 Å². The zero-order valence-electron chi connectivity index (χ0n) is 13.2. The molecule has 2 N–H and O–H groups in total. The van der Waals surface area contributed by atoms with Gasteiger partial charge in [0.15, 0.2) is 0 Å². The average Bonchev–Trinajstić information content (AvgIpc) is 2.47. The number of ether oxygens (including phenoxy) is 1. The molecule has 0 radical (unpaired) electrons. The van der Waals surface area contributed by atoms with Crippen LogP contribution in [0.4, 0.5) is 14.5 Å². The molecule has 0 fully saturated rings. The van der Waals surface area contributed by atoms with Gasteiger partial charge in [-0.25, -0.2) is 8.78 Å². The van der Waals surface area contributed by atoms with Gasteiger partial charge in [0, 0.05) is 26.3 Å². The molecule has 23 heavy (non-hydrogen) atoms. The van der Waals surface area contributed by atoms with Crippen LogP contribution in [0, 0.1) is 11.6 Å². The molecule has 0 heterocycles. The van der Waals surface area contributed by atoms with E-state index in [0.717, 1.165) is 18.2 Å². The summed E-state index contributed by atoms with van der Waals surface area (Å²) >= 11 is 0. The fraction of sp³-hybridized carbons (Fsp3) is 0.467. The van der Waals surface area contributed by atoms with Crippen LogP contribution in [0.3, 0.4) is 0 Å². The fourth-order valence-electron chi connectivity index (χ4n) is 1.83. The molecule has 0 unspecified atom stereocenters. The van der Waals surface area contributed by atoms with Crippen LogP contribution in [0.15, 0.2) is 18.2 Å². The van der Waals surface area contributed by atoms with Crippen molar-refractivity contribution in [2.75, 3.05) is 45.7 Å². The molecule has 6 nitrogen and oxygen atoms in total. The maximum Gasteiger partial charge on any atom is 0.238 e. The van der Waals surface area contributed by atoms with E-state index in [1.807, 2.05) is 0 Å². The number of nitrogens with one attached hydrogen (secondary N) is 2. The summed E-state index contributed by atoms with van der Waals surface area (Å²) in [4.78, 5) is 24.9. The largest absolute Gasteiger partial charge is 0.385 e. The number of amides is 2. The number of anilines is 1. The number of carbonyl (C=O) groups is 2. The average molecular weight is 329 g/mol. The lowest BCUT2D eigenvalue weighted by Gasteiger charge is -2.16. The molecule has 0 aliphatic carbocycles. The van der Waals surface area contributed by atoms with Gasteiger partial charge in [0.1, 0.15) is 11.6 Å². The summed E-state index contributed by atoms with van der Waals surface area (Å²) in [5, 5.41) is 4.96. The van der Waals surface area contributed by atoms with Gasteiger partial charge in [-0.2, -0.15) is 0 Å². The van der Waals surface area contributed by atoms with E-state index in [4.69, 9.17) is 4.74 Å². The predicted octanol–water partition coefficient (Wildman–Crippen LogP) is 0.988. The van der Waals surface area contributed by atoms with E-state index in [9.17, 15) is 18.4 Å². The van der Waals surface area contributed by atoms with Crippen molar-refractivity contribution >= 4 is 17.5 Å². The Morgan fingerprint density at radius 3 is 2.61 bits per heavy atom. The second kappa shape index (κ2) is 9.86. The fourth-order valence-corrected chi connectivity index (χ4v) is 1.83. The number of hydrogen-bond acceptors (Lipinski definition) is 4. The molecule has 128 valence electrons. The lowest BCUT2D eigenvalue weighted by Crippen LogP contribution is -2.39. The van der Waals surface area contributed by atoms with Crippen molar-refractivity contribution in [3.63, 3.8) is 0 Å². The van der Waals surface area contributed by atoms with E-state index < -0.39 is 17.5 Å². The van der Waals surface area contributed by atoms with E-state index in [-0.39, 0.29) is 24.7 Å². The van der Waals surface area contributed by atoms with Gasteiger partial charge >= 0.3 is 0 Å². The van der Waals surface area contributed by atoms with Crippen molar-refractivity contribution in [1.82, 2.24) is 10.2 Å². The van der Waals surface area contributed by atoms with Gasteiger partial charge in [-0.15, -0.1) is 0 Å². The molecule has 1 aromatic carbocycles. The van der Waals surface area contributed by atoms with Gasteiger partial charge in [0.05, 0.1) is 18.8 Å². The van der Waals surface area contributed by atoms with Gasteiger partial charge in [-0.1, -0.05) is 0 Å². The Hall–Kier alpha value is -2.06. The van der Waals surface area contributed by atoms with E-state index in [2.05, 4.69) is 10.6 Å². The van der Waals surface area contributed by atoms with Crippen molar-refractivity contribution in [2.24, 2.45) is 0 Å². The van der Waals surface area contributed by atoms with Crippen molar-refractivity contribution in [3.05, 3.63) is 29.8 Å². The zero-order chi connectivity index (χ0) is 17.2. The Labute approximate surface area is 133 Å². The van der Waals surface area contributed by atoms with Crippen molar-refractivity contribution in [3.8, 4) is 0 Å². The second-order valence-corrected chi connectivity index (χ2v) is 5.04. The minimum absolute atomic E-state index is 0.0199. The topological polar surface area (TPSA) is 70.7 Å². The molecule has 0 aliphatic rings. The zero-order valence-corrected chi connectivity index (χ0v) is 13.2. The standard InChI is InChI=1S/C15H21F2N3O3/c1-20(9-14(21)18-6-3-7-23-2)10-15(22)19-13-8-11(16)4-5-12(13)17/h4-5,8H,3,6-7,9-10H2,1-2H3,(H,18,21)(H,19,22). The van der Waals surface area contributed by atoms with Gasteiger partial charge < -0.3 is 15.4 Å². The van der Waals surface area contributed by atoms with E-state index in [1.165, 1.54) is 4.90 Å². The van der Waals surface area contributed by atoms with Crippen molar-refractivity contribution in [2.45, 2.75) is 6.42 Å². The predicted molar refractivity (Wildman–Crippen MR) is 82.0 cm³/mol. The quantitative estimate of drug-likeness (QED) is 0.663. The van der Waals surface area contributed by atoms with Crippen LogP contribution in [0.25, 0.3) is 0 Å². The minimum atomic E-state index is -0.724. The summed E-state index contributed by atoms with van der Waals surface area (Å²) < 4.78 is 31.3. The van der Waals surface area contributed by atoms with E-state index >= 15 is 0 Å². The van der Waals surface area contributed by atoms with Crippen LogP contribution >= 0.6 is 0 Å². The lowest BCUT2D eigenvalue weighted by molar-refractivity contribution is -0.123. The Morgan fingerprint density at radius 1 is 1.22 bits per heavy atom.